The van der Waals surface area contributed by atoms with Gasteiger partial charge >= 0.3 is 0 Å². The third kappa shape index (κ3) is 2.97. The molecular formula is C8H14FNO. The number of Topliss-reactive ketones (excluding diaryl/α,β-unsaturated/α-hetero) is 1. The van der Waals surface area contributed by atoms with Crippen LogP contribution in [0.1, 0.15) is 26.2 Å². The zero-order valence-electron chi connectivity index (χ0n) is 6.85. The maximum Gasteiger partial charge on any atom is 0.129 e. The van der Waals surface area contributed by atoms with Crippen LogP contribution < -0.4 is 0 Å². The molecule has 1 fully saturated rings. The smallest absolute Gasteiger partial charge is 0.129 e. The summed E-state index contributed by atoms with van der Waals surface area (Å²) in [5, 5.41) is 0.838. The van der Waals surface area contributed by atoms with Crippen LogP contribution in [0.25, 0.3) is 0 Å². The predicted molar refractivity (Wildman–Crippen MR) is 40.7 cm³/mol. The molecule has 11 heavy (non-hydrogen) atoms. The summed E-state index contributed by atoms with van der Waals surface area (Å²) in [6, 6.07) is 0. The Balaban J connectivity index is 2.13. The Labute approximate surface area is 66.3 Å². The third-order valence-corrected chi connectivity index (χ3v) is 2.14. The number of hydrogen-bond acceptors (Lipinski definition) is 2. The Morgan fingerprint density at radius 3 is 2.91 bits per heavy atom. The van der Waals surface area contributed by atoms with Crippen LogP contribution in [0.2, 0.25) is 0 Å². The average Bonchev–Trinajstić information content (AvgIpc) is 2.31. The van der Waals surface area contributed by atoms with Crippen molar-refractivity contribution in [2.75, 3.05) is 13.1 Å². The summed E-state index contributed by atoms with van der Waals surface area (Å²) < 4.78 is 12.4. The molecule has 0 saturated carbocycles. The summed E-state index contributed by atoms with van der Waals surface area (Å²) in [6.07, 6.45) is 2.37. The molecule has 0 radical (unpaired) electrons. The highest BCUT2D eigenvalue weighted by Crippen LogP contribution is 2.20. The largest absolute Gasteiger partial charge is 0.300 e. The third-order valence-electron chi connectivity index (χ3n) is 2.14. The van der Waals surface area contributed by atoms with Gasteiger partial charge in [0.15, 0.2) is 0 Å². The molecule has 0 amide bonds. The molecule has 1 aliphatic heterocycles. The fraction of sp³-hybridized carbons (Fsp3) is 0.875. The summed E-state index contributed by atoms with van der Waals surface area (Å²) in [6.45, 7) is 2.65. The molecule has 1 rings (SSSR count). The lowest BCUT2D eigenvalue weighted by atomic mass is 10.0. The summed E-state index contributed by atoms with van der Waals surface area (Å²) >= 11 is 0. The zero-order valence-corrected chi connectivity index (χ0v) is 6.85. The summed E-state index contributed by atoms with van der Waals surface area (Å²) in [4.78, 5) is 10.6. The van der Waals surface area contributed by atoms with E-state index in [9.17, 15) is 9.28 Å². The molecule has 0 aromatic carbocycles. The second kappa shape index (κ2) is 3.81. The van der Waals surface area contributed by atoms with E-state index in [0.29, 0.717) is 25.4 Å². The zero-order chi connectivity index (χ0) is 8.27. The molecule has 64 valence electrons. The van der Waals surface area contributed by atoms with Crippen molar-refractivity contribution in [2.45, 2.75) is 26.2 Å². The molecular weight excluding hydrogens is 145 g/mol. The van der Waals surface area contributed by atoms with Crippen molar-refractivity contribution < 1.29 is 9.28 Å². The van der Waals surface area contributed by atoms with Gasteiger partial charge in [-0.05, 0) is 25.7 Å². The van der Waals surface area contributed by atoms with Gasteiger partial charge in [0.05, 0.1) is 0 Å². The second-order valence-electron chi connectivity index (χ2n) is 3.26. The number of rotatable bonds is 3. The summed E-state index contributed by atoms with van der Waals surface area (Å²) in [5.74, 6) is 0.617. The molecule has 0 bridgehead atoms. The molecule has 0 aromatic heterocycles. The van der Waals surface area contributed by atoms with E-state index in [4.69, 9.17) is 0 Å². The molecule has 3 heteroatoms. The number of ketones is 1. The molecule has 0 spiro atoms. The number of hydrogen-bond donors (Lipinski definition) is 0. The van der Waals surface area contributed by atoms with Gasteiger partial charge in [-0.25, -0.2) is 0 Å². The average molecular weight is 159 g/mol. The minimum Gasteiger partial charge on any atom is -0.300 e. The highest BCUT2D eigenvalue weighted by atomic mass is 19.2. The topological polar surface area (TPSA) is 20.3 Å². The SMILES string of the molecule is CC(=O)CCC1CCN(F)C1. The Morgan fingerprint density at radius 2 is 2.45 bits per heavy atom. The molecule has 1 saturated heterocycles. The van der Waals surface area contributed by atoms with Gasteiger partial charge in [-0.2, -0.15) is 0 Å². The molecule has 2 nitrogen and oxygen atoms in total. The molecule has 1 aliphatic rings. The van der Waals surface area contributed by atoms with Crippen LogP contribution in [-0.4, -0.2) is 24.0 Å². The molecule has 0 aromatic rings. The van der Waals surface area contributed by atoms with Crippen molar-refractivity contribution in [3.05, 3.63) is 0 Å². The Hall–Kier alpha value is -0.440. The van der Waals surface area contributed by atoms with E-state index >= 15 is 0 Å². The number of halogens is 1. The van der Waals surface area contributed by atoms with Gasteiger partial charge in [-0.3, -0.25) is 0 Å². The predicted octanol–water partition coefficient (Wildman–Crippen LogP) is 1.56. The lowest BCUT2D eigenvalue weighted by Crippen LogP contribution is -2.09. The Bertz CT molecular complexity index is 149. The van der Waals surface area contributed by atoms with E-state index in [0.717, 1.165) is 18.0 Å². The van der Waals surface area contributed by atoms with Crippen LogP contribution in [0.5, 0.6) is 0 Å². The minimum absolute atomic E-state index is 0.210. The van der Waals surface area contributed by atoms with E-state index in [-0.39, 0.29) is 5.78 Å². The monoisotopic (exact) mass is 159 g/mol. The number of carbonyl (C=O) groups is 1. The molecule has 0 N–H and O–H groups in total. The first kappa shape index (κ1) is 8.65. The van der Waals surface area contributed by atoms with Crippen LogP contribution in [-0.2, 0) is 4.79 Å². The minimum atomic E-state index is 0.210. The van der Waals surface area contributed by atoms with Crippen LogP contribution in [0.3, 0.4) is 0 Å². The standard InChI is InChI=1S/C8H14FNO/c1-7(11)2-3-8-4-5-10(9)6-8/h8H,2-6H2,1H3. The number of carbonyl (C=O) groups excluding carboxylic acids is 1. The summed E-state index contributed by atoms with van der Waals surface area (Å²) in [5.41, 5.74) is 0. The van der Waals surface area contributed by atoms with Gasteiger partial charge in [-0.15, -0.1) is 9.60 Å². The first-order valence-electron chi connectivity index (χ1n) is 4.08. The maximum absolute atomic E-state index is 12.4. The Morgan fingerprint density at radius 1 is 1.73 bits per heavy atom. The Kier molecular flexibility index (Phi) is 3.00. The van der Waals surface area contributed by atoms with Crippen LogP contribution in [0.15, 0.2) is 0 Å². The van der Waals surface area contributed by atoms with Crippen LogP contribution in [0.4, 0.5) is 4.48 Å². The van der Waals surface area contributed by atoms with Crippen molar-refractivity contribution in [2.24, 2.45) is 5.92 Å². The van der Waals surface area contributed by atoms with Crippen LogP contribution >= 0.6 is 0 Å². The van der Waals surface area contributed by atoms with Crippen LogP contribution in [0, 0.1) is 5.92 Å². The number of nitrogens with zero attached hydrogens (tertiary/aromatic N) is 1. The molecule has 1 unspecified atom stereocenters. The first-order chi connectivity index (χ1) is 5.18. The van der Waals surface area contributed by atoms with Crippen molar-refractivity contribution in [3.63, 3.8) is 0 Å². The van der Waals surface area contributed by atoms with E-state index < -0.39 is 0 Å². The quantitative estimate of drug-likeness (QED) is 0.582. The first-order valence-corrected chi connectivity index (χ1v) is 4.08. The highest BCUT2D eigenvalue weighted by molar-refractivity contribution is 5.75. The van der Waals surface area contributed by atoms with Gasteiger partial charge in [0.25, 0.3) is 0 Å². The lowest BCUT2D eigenvalue weighted by molar-refractivity contribution is -0.117. The lowest BCUT2D eigenvalue weighted by Gasteiger charge is -2.05. The second-order valence-corrected chi connectivity index (χ2v) is 3.26. The molecule has 1 heterocycles. The summed E-state index contributed by atoms with van der Waals surface area (Å²) in [7, 11) is 0. The maximum atomic E-state index is 12.4. The van der Waals surface area contributed by atoms with Gasteiger partial charge in [0.1, 0.15) is 5.78 Å². The fourth-order valence-electron chi connectivity index (χ4n) is 1.43. The van der Waals surface area contributed by atoms with Gasteiger partial charge in [-0.1, -0.05) is 0 Å². The van der Waals surface area contributed by atoms with Gasteiger partial charge in [0.2, 0.25) is 0 Å². The van der Waals surface area contributed by atoms with Gasteiger partial charge < -0.3 is 4.79 Å². The van der Waals surface area contributed by atoms with Crippen molar-refractivity contribution >= 4 is 5.78 Å². The van der Waals surface area contributed by atoms with Crippen molar-refractivity contribution in [1.29, 1.82) is 0 Å². The fourth-order valence-corrected chi connectivity index (χ4v) is 1.43. The van der Waals surface area contributed by atoms with Crippen molar-refractivity contribution in [1.82, 2.24) is 5.12 Å². The van der Waals surface area contributed by atoms with E-state index in [1.165, 1.54) is 0 Å². The van der Waals surface area contributed by atoms with Gasteiger partial charge in [0, 0.05) is 19.5 Å². The van der Waals surface area contributed by atoms with E-state index in [2.05, 4.69) is 0 Å². The highest BCUT2D eigenvalue weighted by Gasteiger charge is 2.21. The van der Waals surface area contributed by atoms with Crippen molar-refractivity contribution in [3.8, 4) is 0 Å². The molecule has 0 aliphatic carbocycles. The normalized spacial score (nSPS) is 25.8. The van der Waals surface area contributed by atoms with E-state index in [1.807, 2.05) is 0 Å². The van der Waals surface area contributed by atoms with E-state index in [1.54, 1.807) is 6.92 Å². The molecule has 1 atom stereocenters.